The normalized spacial score (nSPS) is 11.2. The van der Waals surface area contributed by atoms with Crippen molar-refractivity contribution in [3.8, 4) is 17.2 Å². The summed E-state index contributed by atoms with van der Waals surface area (Å²) in [5, 5.41) is 4.03. The highest BCUT2D eigenvalue weighted by atomic mass is 19.3. The number of alkyl halides is 2. The fourth-order valence-electron chi connectivity index (χ4n) is 2.23. The largest absolute Gasteiger partial charge is 0.497 e. The van der Waals surface area contributed by atoms with Gasteiger partial charge in [0.15, 0.2) is 6.61 Å². The quantitative estimate of drug-likeness (QED) is 0.493. The number of halogens is 2. The molecule has 0 saturated carbocycles. The Balaban J connectivity index is 1.71. The maximum Gasteiger partial charge on any atom is 0.387 e. The van der Waals surface area contributed by atoms with Gasteiger partial charge in [-0.15, -0.1) is 0 Å². The molecule has 0 aliphatic rings. The Morgan fingerprint density at radius 1 is 1.04 bits per heavy atom. The molecule has 0 bridgehead atoms. The zero-order valence-corrected chi connectivity index (χ0v) is 15.7. The molecule has 28 heavy (non-hydrogen) atoms. The standard InChI is InChI=1S/C20H22F2N2O4/c1-14(3-4-15-5-7-18(8-6-15)28-20(21)22)23-24-19(25)13-27-17-11-9-16(26-2)10-12-17/h5-12,20H,3-4,13H2,1-2H3,(H,24,25)/b23-14-. The SMILES string of the molecule is COc1ccc(OCC(=O)N/N=C(/C)CCc2ccc(OC(F)F)cc2)cc1. The van der Waals surface area contributed by atoms with Gasteiger partial charge in [-0.1, -0.05) is 12.1 Å². The minimum absolute atomic E-state index is 0.119. The molecule has 2 rings (SSSR count). The lowest BCUT2D eigenvalue weighted by Crippen LogP contribution is -2.25. The van der Waals surface area contributed by atoms with Gasteiger partial charge in [0, 0.05) is 5.71 Å². The third kappa shape index (κ3) is 7.61. The lowest BCUT2D eigenvalue weighted by molar-refractivity contribution is -0.123. The van der Waals surface area contributed by atoms with Crippen molar-refractivity contribution in [2.45, 2.75) is 26.4 Å². The molecule has 0 radical (unpaired) electrons. The van der Waals surface area contributed by atoms with E-state index in [4.69, 9.17) is 9.47 Å². The van der Waals surface area contributed by atoms with Crippen molar-refractivity contribution in [2.75, 3.05) is 13.7 Å². The summed E-state index contributed by atoms with van der Waals surface area (Å²) in [5.74, 6) is 1.00. The highest BCUT2D eigenvalue weighted by molar-refractivity contribution is 5.84. The fourth-order valence-corrected chi connectivity index (χ4v) is 2.23. The zero-order valence-electron chi connectivity index (χ0n) is 15.7. The minimum atomic E-state index is -2.84. The van der Waals surface area contributed by atoms with E-state index < -0.39 is 6.61 Å². The number of ether oxygens (including phenoxy) is 3. The molecule has 0 unspecified atom stereocenters. The maximum absolute atomic E-state index is 12.1. The molecule has 0 aromatic heterocycles. The summed E-state index contributed by atoms with van der Waals surface area (Å²) in [7, 11) is 1.57. The van der Waals surface area contributed by atoms with Crippen LogP contribution in [0.15, 0.2) is 53.6 Å². The van der Waals surface area contributed by atoms with Gasteiger partial charge in [-0.3, -0.25) is 4.79 Å². The van der Waals surface area contributed by atoms with Gasteiger partial charge in [0.2, 0.25) is 0 Å². The Bertz CT molecular complexity index is 778. The minimum Gasteiger partial charge on any atom is -0.497 e. The van der Waals surface area contributed by atoms with Gasteiger partial charge in [-0.25, -0.2) is 5.43 Å². The second-order valence-corrected chi connectivity index (χ2v) is 5.87. The molecular formula is C20H22F2N2O4. The molecule has 1 N–H and O–H groups in total. The number of carbonyl (C=O) groups is 1. The van der Waals surface area contributed by atoms with Gasteiger partial charge >= 0.3 is 6.61 Å². The first kappa shape index (κ1) is 21.1. The van der Waals surface area contributed by atoms with Crippen LogP contribution in [0.5, 0.6) is 17.2 Å². The lowest BCUT2D eigenvalue weighted by atomic mass is 10.1. The number of nitrogens with one attached hydrogen (secondary N) is 1. The summed E-state index contributed by atoms with van der Waals surface area (Å²) in [4.78, 5) is 11.8. The van der Waals surface area contributed by atoms with E-state index in [1.807, 2.05) is 0 Å². The van der Waals surface area contributed by atoms with E-state index in [0.717, 1.165) is 11.3 Å². The van der Waals surface area contributed by atoms with Gasteiger partial charge in [-0.05, 0) is 61.7 Å². The first-order chi connectivity index (χ1) is 13.5. The smallest absolute Gasteiger partial charge is 0.387 e. The molecule has 150 valence electrons. The summed E-state index contributed by atoms with van der Waals surface area (Å²) in [6.07, 6.45) is 1.26. The number of carbonyl (C=O) groups excluding carboxylic acids is 1. The number of benzene rings is 2. The van der Waals surface area contributed by atoms with Crippen molar-refractivity contribution < 1.29 is 27.8 Å². The van der Waals surface area contributed by atoms with Gasteiger partial charge in [0.25, 0.3) is 5.91 Å². The second-order valence-electron chi connectivity index (χ2n) is 5.87. The maximum atomic E-state index is 12.1. The fraction of sp³-hybridized carbons (Fsp3) is 0.300. The van der Waals surface area contributed by atoms with Crippen molar-refractivity contribution in [1.82, 2.24) is 5.43 Å². The van der Waals surface area contributed by atoms with Crippen LogP contribution in [0.2, 0.25) is 0 Å². The van der Waals surface area contributed by atoms with Crippen LogP contribution in [0.4, 0.5) is 8.78 Å². The molecule has 0 spiro atoms. The van der Waals surface area contributed by atoms with Crippen molar-refractivity contribution in [3.05, 3.63) is 54.1 Å². The van der Waals surface area contributed by atoms with Crippen molar-refractivity contribution in [1.29, 1.82) is 0 Å². The van der Waals surface area contributed by atoms with Crippen LogP contribution in [0.3, 0.4) is 0 Å². The zero-order chi connectivity index (χ0) is 20.4. The topological polar surface area (TPSA) is 69.2 Å². The molecule has 0 atom stereocenters. The highest BCUT2D eigenvalue weighted by Crippen LogP contribution is 2.17. The monoisotopic (exact) mass is 392 g/mol. The number of hydrogen-bond acceptors (Lipinski definition) is 5. The van der Waals surface area contributed by atoms with Crippen LogP contribution in [0.1, 0.15) is 18.9 Å². The number of rotatable bonds is 10. The summed E-state index contributed by atoms with van der Waals surface area (Å²) < 4.78 is 39.0. The van der Waals surface area contributed by atoms with Crippen molar-refractivity contribution in [3.63, 3.8) is 0 Å². The molecule has 2 aromatic carbocycles. The number of nitrogens with zero attached hydrogens (tertiary/aromatic N) is 1. The number of hydrogen-bond donors (Lipinski definition) is 1. The molecule has 8 heteroatoms. The van der Waals surface area contributed by atoms with E-state index in [1.165, 1.54) is 12.1 Å². The average Bonchev–Trinajstić information content (AvgIpc) is 2.70. The van der Waals surface area contributed by atoms with Crippen molar-refractivity contribution >= 4 is 11.6 Å². The molecule has 0 fully saturated rings. The summed E-state index contributed by atoms with van der Waals surface area (Å²) >= 11 is 0. The second kappa shape index (κ2) is 10.9. The first-order valence-electron chi connectivity index (χ1n) is 8.59. The highest BCUT2D eigenvalue weighted by Gasteiger charge is 2.05. The van der Waals surface area contributed by atoms with E-state index in [1.54, 1.807) is 50.4 Å². The van der Waals surface area contributed by atoms with Crippen LogP contribution in [0, 0.1) is 0 Å². The van der Waals surface area contributed by atoms with E-state index in [-0.39, 0.29) is 18.3 Å². The number of aryl methyl sites for hydroxylation is 1. The van der Waals surface area contributed by atoms with Crippen LogP contribution < -0.4 is 19.6 Å². The van der Waals surface area contributed by atoms with E-state index in [0.29, 0.717) is 24.3 Å². The number of hydrazone groups is 1. The summed E-state index contributed by atoms with van der Waals surface area (Å²) in [6.45, 7) is -1.20. The molecule has 0 saturated heterocycles. The van der Waals surface area contributed by atoms with Gasteiger partial charge in [-0.2, -0.15) is 13.9 Å². The molecule has 0 aliphatic heterocycles. The van der Waals surface area contributed by atoms with Gasteiger partial charge in [0.1, 0.15) is 17.2 Å². The predicted octanol–water partition coefficient (Wildman–Crippen LogP) is 3.80. The Kier molecular flexibility index (Phi) is 8.20. The van der Waals surface area contributed by atoms with Crippen molar-refractivity contribution in [2.24, 2.45) is 5.10 Å². The Hall–Kier alpha value is -3.16. The Morgan fingerprint density at radius 3 is 2.25 bits per heavy atom. The van der Waals surface area contributed by atoms with Crippen LogP contribution in [-0.4, -0.2) is 31.9 Å². The van der Waals surface area contributed by atoms with Gasteiger partial charge in [0.05, 0.1) is 7.11 Å². The Morgan fingerprint density at radius 2 is 1.64 bits per heavy atom. The molecule has 6 nitrogen and oxygen atoms in total. The average molecular weight is 392 g/mol. The summed E-state index contributed by atoms with van der Waals surface area (Å²) in [5.41, 5.74) is 4.12. The van der Waals surface area contributed by atoms with E-state index in [2.05, 4.69) is 15.3 Å². The number of methoxy groups -OCH3 is 1. The van der Waals surface area contributed by atoms with E-state index >= 15 is 0 Å². The van der Waals surface area contributed by atoms with Crippen LogP contribution in [0.25, 0.3) is 0 Å². The van der Waals surface area contributed by atoms with Gasteiger partial charge < -0.3 is 14.2 Å². The predicted molar refractivity (Wildman–Crippen MR) is 101 cm³/mol. The summed E-state index contributed by atoms with van der Waals surface area (Å²) in [6, 6.07) is 13.3. The third-order valence-corrected chi connectivity index (χ3v) is 3.72. The molecule has 0 heterocycles. The van der Waals surface area contributed by atoms with E-state index in [9.17, 15) is 13.6 Å². The lowest BCUT2D eigenvalue weighted by Gasteiger charge is -2.07. The van der Waals surface area contributed by atoms with Crippen LogP contribution >= 0.6 is 0 Å². The molecular weight excluding hydrogens is 370 g/mol. The molecule has 2 aromatic rings. The molecule has 0 aliphatic carbocycles. The molecule has 1 amide bonds. The number of amides is 1. The van der Waals surface area contributed by atoms with Crippen LogP contribution in [-0.2, 0) is 11.2 Å². The first-order valence-corrected chi connectivity index (χ1v) is 8.59. The Labute approximate surface area is 162 Å². The third-order valence-electron chi connectivity index (χ3n) is 3.72.